The minimum absolute atomic E-state index is 0.0558. The normalized spacial score (nSPS) is 15.3. The third-order valence-electron chi connectivity index (χ3n) is 3.56. The molecule has 3 rings (SSSR count). The van der Waals surface area contributed by atoms with Gasteiger partial charge in [-0.1, -0.05) is 30.3 Å². The zero-order valence-electron chi connectivity index (χ0n) is 11.4. The Kier molecular flexibility index (Phi) is 3.78. The van der Waals surface area contributed by atoms with Crippen molar-refractivity contribution in [1.82, 2.24) is 4.31 Å². The van der Waals surface area contributed by atoms with Gasteiger partial charge < -0.3 is 0 Å². The van der Waals surface area contributed by atoms with Crippen LogP contribution in [-0.2, 0) is 16.6 Å². The Morgan fingerprint density at radius 2 is 1.62 bits per heavy atom. The minimum Gasteiger partial charge on any atom is -0.207 e. The lowest BCUT2D eigenvalue weighted by atomic mass is 10.2. The first-order chi connectivity index (χ1) is 10.1. The molecular weight excluding hydrogens is 289 g/mol. The molecule has 0 bridgehead atoms. The van der Waals surface area contributed by atoms with Crippen molar-refractivity contribution in [3.05, 3.63) is 66.0 Å². The van der Waals surface area contributed by atoms with E-state index in [9.17, 15) is 12.8 Å². The maximum absolute atomic E-state index is 13.0. The first kappa shape index (κ1) is 14.2. The first-order valence-electron chi connectivity index (χ1n) is 6.89. The summed E-state index contributed by atoms with van der Waals surface area (Å²) in [5, 5.41) is 0. The molecule has 0 heterocycles. The lowest BCUT2D eigenvalue weighted by Crippen LogP contribution is -2.32. The van der Waals surface area contributed by atoms with Crippen LogP contribution in [0.1, 0.15) is 18.4 Å². The van der Waals surface area contributed by atoms with Crippen molar-refractivity contribution in [2.45, 2.75) is 30.3 Å². The van der Waals surface area contributed by atoms with E-state index in [1.807, 2.05) is 0 Å². The Labute approximate surface area is 124 Å². The summed E-state index contributed by atoms with van der Waals surface area (Å²) in [6.45, 7) is 0.280. The van der Waals surface area contributed by atoms with Crippen LogP contribution >= 0.6 is 0 Å². The lowest BCUT2D eigenvalue weighted by molar-refractivity contribution is 0.398. The van der Waals surface area contributed by atoms with Gasteiger partial charge >= 0.3 is 0 Å². The molecular formula is C16H16FNO2S. The molecule has 1 aliphatic rings. The second kappa shape index (κ2) is 5.58. The molecule has 0 atom stereocenters. The molecule has 0 radical (unpaired) electrons. The molecule has 1 saturated carbocycles. The van der Waals surface area contributed by atoms with E-state index in [-0.39, 0.29) is 18.4 Å². The molecule has 0 spiro atoms. The SMILES string of the molecule is O=S(=O)(c1ccccc1)N(Cc1ccc(F)cc1)C1CC1. The van der Waals surface area contributed by atoms with Crippen molar-refractivity contribution in [2.24, 2.45) is 0 Å². The minimum atomic E-state index is -3.51. The molecule has 0 N–H and O–H groups in total. The fourth-order valence-electron chi connectivity index (χ4n) is 2.27. The predicted molar refractivity (Wildman–Crippen MR) is 78.6 cm³/mol. The Morgan fingerprint density at radius 3 is 2.19 bits per heavy atom. The first-order valence-corrected chi connectivity index (χ1v) is 8.33. The number of nitrogens with zero attached hydrogens (tertiary/aromatic N) is 1. The molecule has 0 aliphatic heterocycles. The molecule has 0 unspecified atom stereocenters. The largest absolute Gasteiger partial charge is 0.243 e. The number of benzene rings is 2. The molecule has 21 heavy (non-hydrogen) atoms. The molecule has 2 aromatic rings. The van der Waals surface area contributed by atoms with Crippen LogP contribution in [0.5, 0.6) is 0 Å². The summed E-state index contributed by atoms with van der Waals surface area (Å²) >= 11 is 0. The highest BCUT2D eigenvalue weighted by atomic mass is 32.2. The van der Waals surface area contributed by atoms with E-state index in [2.05, 4.69) is 0 Å². The summed E-state index contributed by atoms with van der Waals surface area (Å²) < 4.78 is 40.0. The van der Waals surface area contributed by atoms with E-state index in [1.54, 1.807) is 42.5 Å². The van der Waals surface area contributed by atoms with Gasteiger partial charge in [0.15, 0.2) is 0 Å². The van der Waals surface area contributed by atoms with Crippen LogP contribution in [0.2, 0.25) is 0 Å². The van der Waals surface area contributed by atoms with Gasteiger partial charge in [0.05, 0.1) is 4.90 Å². The third-order valence-corrected chi connectivity index (χ3v) is 5.47. The van der Waals surface area contributed by atoms with Crippen molar-refractivity contribution >= 4 is 10.0 Å². The van der Waals surface area contributed by atoms with Gasteiger partial charge in [0, 0.05) is 12.6 Å². The molecule has 2 aromatic carbocycles. The van der Waals surface area contributed by atoms with E-state index in [1.165, 1.54) is 16.4 Å². The number of sulfonamides is 1. The topological polar surface area (TPSA) is 37.4 Å². The summed E-state index contributed by atoms with van der Waals surface area (Å²) in [4.78, 5) is 0.305. The fraction of sp³-hybridized carbons (Fsp3) is 0.250. The van der Waals surface area contributed by atoms with Crippen molar-refractivity contribution in [3.63, 3.8) is 0 Å². The molecule has 0 amide bonds. The average molecular weight is 305 g/mol. The van der Waals surface area contributed by atoms with Crippen LogP contribution in [0.4, 0.5) is 4.39 Å². The van der Waals surface area contributed by atoms with Crippen LogP contribution in [0.3, 0.4) is 0 Å². The molecule has 110 valence electrons. The average Bonchev–Trinajstić information content (AvgIpc) is 3.32. The molecule has 0 saturated heterocycles. The summed E-state index contributed by atoms with van der Waals surface area (Å²) in [6, 6.07) is 14.5. The standard InChI is InChI=1S/C16H16FNO2S/c17-14-8-6-13(7-9-14)12-18(15-10-11-15)21(19,20)16-4-2-1-3-5-16/h1-9,15H,10-12H2. The summed E-state index contributed by atoms with van der Waals surface area (Å²) in [7, 11) is -3.51. The van der Waals surface area contributed by atoms with Crippen LogP contribution in [0.15, 0.2) is 59.5 Å². The predicted octanol–water partition coefficient (Wildman–Crippen LogP) is 3.18. The van der Waals surface area contributed by atoms with Crippen LogP contribution in [0.25, 0.3) is 0 Å². The third kappa shape index (κ3) is 3.14. The fourth-order valence-corrected chi connectivity index (χ4v) is 3.96. The van der Waals surface area contributed by atoms with Gasteiger partial charge in [0.1, 0.15) is 5.82 Å². The molecule has 5 heteroatoms. The molecule has 1 aliphatic carbocycles. The van der Waals surface area contributed by atoms with Crippen molar-refractivity contribution in [2.75, 3.05) is 0 Å². The monoisotopic (exact) mass is 305 g/mol. The van der Waals surface area contributed by atoms with Crippen LogP contribution < -0.4 is 0 Å². The Hall–Kier alpha value is -1.72. The maximum Gasteiger partial charge on any atom is 0.243 e. The number of hydrogen-bond donors (Lipinski definition) is 0. The van der Waals surface area contributed by atoms with Crippen molar-refractivity contribution in [3.8, 4) is 0 Å². The number of halogens is 1. The van der Waals surface area contributed by atoms with Gasteiger partial charge in [-0.15, -0.1) is 0 Å². The number of rotatable bonds is 5. The van der Waals surface area contributed by atoms with E-state index in [0.717, 1.165) is 18.4 Å². The van der Waals surface area contributed by atoms with E-state index >= 15 is 0 Å². The lowest BCUT2D eigenvalue weighted by Gasteiger charge is -2.22. The second-order valence-corrected chi connectivity index (χ2v) is 7.11. The number of hydrogen-bond acceptors (Lipinski definition) is 2. The molecule has 0 aromatic heterocycles. The highest BCUT2D eigenvalue weighted by molar-refractivity contribution is 7.89. The van der Waals surface area contributed by atoms with Crippen LogP contribution in [0, 0.1) is 5.82 Å². The van der Waals surface area contributed by atoms with Gasteiger partial charge in [-0.2, -0.15) is 4.31 Å². The second-order valence-electron chi connectivity index (χ2n) is 5.22. The summed E-state index contributed by atoms with van der Waals surface area (Å²) in [6.07, 6.45) is 1.76. The van der Waals surface area contributed by atoms with E-state index in [0.29, 0.717) is 4.90 Å². The van der Waals surface area contributed by atoms with Gasteiger partial charge in [-0.25, -0.2) is 12.8 Å². The zero-order valence-corrected chi connectivity index (χ0v) is 12.3. The van der Waals surface area contributed by atoms with Crippen molar-refractivity contribution in [1.29, 1.82) is 0 Å². The summed E-state index contributed by atoms with van der Waals surface area (Å²) in [5.41, 5.74) is 0.794. The Bertz CT molecular complexity index is 710. The highest BCUT2D eigenvalue weighted by Gasteiger charge is 2.37. The van der Waals surface area contributed by atoms with Crippen LogP contribution in [-0.4, -0.2) is 18.8 Å². The van der Waals surface area contributed by atoms with Gasteiger partial charge in [-0.05, 0) is 42.7 Å². The maximum atomic E-state index is 13.0. The van der Waals surface area contributed by atoms with E-state index < -0.39 is 10.0 Å². The van der Waals surface area contributed by atoms with Gasteiger partial charge in [0.25, 0.3) is 0 Å². The van der Waals surface area contributed by atoms with E-state index in [4.69, 9.17) is 0 Å². The quantitative estimate of drug-likeness (QED) is 0.851. The molecule has 3 nitrogen and oxygen atoms in total. The van der Waals surface area contributed by atoms with Gasteiger partial charge in [0.2, 0.25) is 10.0 Å². The highest BCUT2D eigenvalue weighted by Crippen LogP contribution is 2.33. The Balaban J connectivity index is 1.90. The smallest absolute Gasteiger partial charge is 0.207 e. The zero-order chi connectivity index (χ0) is 14.9. The molecule has 1 fully saturated rings. The Morgan fingerprint density at radius 1 is 1.00 bits per heavy atom. The van der Waals surface area contributed by atoms with Gasteiger partial charge in [-0.3, -0.25) is 0 Å². The van der Waals surface area contributed by atoms with Crippen molar-refractivity contribution < 1.29 is 12.8 Å². The summed E-state index contributed by atoms with van der Waals surface area (Å²) in [5.74, 6) is -0.317.